The second-order valence-electron chi connectivity index (χ2n) is 3.81. The first-order valence-electron chi connectivity index (χ1n) is 5.37. The molecule has 0 saturated carbocycles. The summed E-state index contributed by atoms with van der Waals surface area (Å²) < 4.78 is 46.0. The van der Waals surface area contributed by atoms with Crippen molar-refractivity contribution in [3.63, 3.8) is 0 Å². The lowest BCUT2D eigenvalue weighted by Crippen LogP contribution is -2.13. The third kappa shape index (κ3) is 2.06. The number of hydrogen-bond acceptors (Lipinski definition) is 3. The van der Waals surface area contributed by atoms with Crippen molar-refractivity contribution >= 4 is 16.9 Å². The van der Waals surface area contributed by atoms with Crippen LogP contribution in [0.5, 0.6) is 0 Å². The average molecular weight is 273 g/mol. The Labute approximate surface area is 106 Å². The van der Waals surface area contributed by atoms with E-state index in [0.29, 0.717) is 6.07 Å². The standard InChI is InChI=1S/C12H10F3NO3/c1-19-12(18)9-4-6-7(13)5-8(14)10(15)11(6)16(9)2-3-17/h4-5,17H,2-3H2,1H3. The molecular weight excluding hydrogens is 263 g/mol. The van der Waals surface area contributed by atoms with Gasteiger partial charge in [0.05, 0.1) is 19.2 Å². The van der Waals surface area contributed by atoms with E-state index in [2.05, 4.69) is 4.74 Å². The molecule has 0 unspecified atom stereocenters. The van der Waals surface area contributed by atoms with E-state index in [0.717, 1.165) is 17.7 Å². The number of fused-ring (bicyclic) bond motifs is 1. The minimum atomic E-state index is -1.36. The zero-order valence-corrected chi connectivity index (χ0v) is 9.91. The van der Waals surface area contributed by atoms with Gasteiger partial charge in [-0.05, 0) is 6.07 Å². The van der Waals surface area contributed by atoms with Crippen LogP contribution in [0, 0.1) is 17.5 Å². The van der Waals surface area contributed by atoms with Crippen LogP contribution < -0.4 is 0 Å². The number of esters is 1. The summed E-state index contributed by atoms with van der Waals surface area (Å²) in [7, 11) is 1.11. The number of nitrogens with zero attached hydrogens (tertiary/aromatic N) is 1. The molecule has 0 atom stereocenters. The first-order chi connectivity index (χ1) is 9.01. The quantitative estimate of drug-likeness (QED) is 0.685. The molecular formula is C12H10F3NO3. The summed E-state index contributed by atoms with van der Waals surface area (Å²) in [5, 5.41) is 8.68. The number of aromatic nitrogens is 1. The van der Waals surface area contributed by atoms with Crippen LogP contribution in [-0.2, 0) is 11.3 Å². The Balaban J connectivity index is 2.85. The molecule has 4 nitrogen and oxygen atoms in total. The summed E-state index contributed by atoms with van der Waals surface area (Å²) in [6.07, 6.45) is 0. The molecule has 2 aromatic rings. The number of hydrogen-bond donors (Lipinski definition) is 1. The zero-order valence-electron chi connectivity index (χ0n) is 9.91. The van der Waals surface area contributed by atoms with Crippen molar-refractivity contribution < 1.29 is 27.8 Å². The van der Waals surface area contributed by atoms with Crippen molar-refractivity contribution in [2.24, 2.45) is 0 Å². The van der Waals surface area contributed by atoms with Gasteiger partial charge in [0, 0.05) is 18.0 Å². The fourth-order valence-corrected chi connectivity index (χ4v) is 1.94. The lowest BCUT2D eigenvalue weighted by molar-refractivity contribution is 0.0588. The Hall–Kier alpha value is -2.02. The van der Waals surface area contributed by atoms with Gasteiger partial charge in [-0.15, -0.1) is 0 Å². The molecule has 0 fully saturated rings. The maximum atomic E-state index is 13.7. The number of halogens is 3. The lowest BCUT2D eigenvalue weighted by Gasteiger charge is -2.08. The van der Waals surface area contributed by atoms with E-state index in [1.807, 2.05) is 0 Å². The molecule has 1 heterocycles. The van der Waals surface area contributed by atoms with Crippen LogP contribution in [0.4, 0.5) is 13.2 Å². The fourth-order valence-electron chi connectivity index (χ4n) is 1.94. The van der Waals surface area contributed by atoms with E-state index < -0.39 is 35.5 Å². The third-order valence-electron chi connectivity index (χ3n) is 2.74. The highest BCUT2D eigenvalue weighted by atomic mass is 19.2. The normalized spacial score (nSPS) is 11.0. The topological polar surface area (TPSA) is 51.5 Å². The third-order valence-corrected chi connectivity index (χ3v) is 2.74. The predicted molar refractivity (Wildman–Crippen MR) is 60.2 cm³/mol. The summed E-state index contributed by atoms with van der Waals surface area (Å²) in [4.78, 5) is 11.5. The number of ether oxygens (including phenoxy) is 1. The van der Waals surface area contributed by atoms with Crippen molar-refractivity contribution in [2.75, 3.05) is 13.7 Å². The monoisotopic (exact) mass is 273 g/mol. The minimum absolute atomic E-state index is 0.157. The highest BCUT2D eigenvalue weighted by Gasteiger charge is 2.22. The van der Waals surface area contributed by atoms with Crippen LogP contribution in [0.15, 0.2) is 12.1 Å². The van der Waals surface area contributed by atoms with Crippen molar-refractivity contribution in [1.29, 1.82) is 0 Å². The molecule has 0 aliphatic carbocycles. The molecule has 2 rings (SSSR count). The molecule has 0 radical (unpaired) electrons. The van der Waals surface area contributed by atoms with E-state index in [4.69, 9.17) is 5.11 Å². The van der Waals surface area contributed by atoms with Crippen LogP contribution in [0.1, 0.15) is 10.5 Å². The van der Waals surface area contributed by atoms with Gasteiger partial charge in [-0.1, -0.05) is 0 Å². The molecule has 1 aromatic heterocycles. The van der Waals surface area contributed by atoms with Gasteiger partial charge in [-0.2, -0.15) is 0 Å². The van der Waals surface area contributed by atoms with Crippen molar-refractivity contribution in [1.82, 2.24) is 4.57 Å². The Bertz CT molecular complexity index is 651. The van der Waals surface area contributed by atoms with Gasteiger partial charge in [0.15, 0.2) is 11.6 Å². The summed E-state index contributed by atoms with van der Waals surface area (Å²) in [5.41, 5.74) is -0.568. The SMILES string of the molecule is COC(=O)c1cc2c(F)cc(F)c(F)c2n1CCO. The molecule has 1 N–H and O–H groups in total. The van der Waals surface area contributed by atoms with Crippen LogP contribution in [-0.4, -0.2) is 29.4 Å². The van der Waals surface area contributed by atoms with Gasteiger partial charge < -0.3 is 14.4 Å². The fraction of sp³-hybridized carbons (Fsp3) is 0.250. The Morgan fingerprint density at radius 3 is 2.58 bits per heavy atom. The van der Waals surface area contributed by atoms with Crippen LogP contribution in [0.3, 0.4) is 0 Å². The zero-order chi connectivity index (χ0) is 14.2. The van der Waals surface area contributed by atoms with Crippen LogP contribution in [0.2, 0.25) is 0 Å². The second-order valence-corrected chi connectivity index (χ2v) is 3.81. The van der Waals surface area contributed by atoms with Crippen molar-refractivity contribution in [3.8, 4) is 0 Å². The first-order valence-corrected chi connectivity index (χ1v) is 5.37. The molecule has 0 bridgehead atoms. The summed E-state index contributed by atoms with van der Waals surface area (Å²) in [6.45, 7) is -0.612. The van der Waals surface area contributed by atoms with Gasteiger partial charge in [-0.25, -0.2) is 18.0 Å². The molecule has 7 heteroatoms. The van der Waals surface area contributed by atoms with Crippen LogP contribution in [0.25, 0.3) is 10.9 Å². The maximum absolute atomic E-state index is 13.7. The molecule has 0 spiro atoms. The highest BCUT2D eigenvalue weighted by Crippen LogP contribution is 2.27. The maximum Gasteiger partial charge on any atom is 0.354 e. The Kier molecular flexibility index (Phi) is 3.48. The predicted octanol–water partition coefficient (Wildman–Crippen LogP) is 1.84. The summed E-state index contributed by atoms with van der Waals surface area (Å²) in [5.74, 6) is -4.46. The van der Waals surface area contributed by atoms with E-state index in [9.17, 15) is 18.0 Å². The average Bonchev–Trinajstić information content (AvgIpc) is 2.76. The van der Waals surface area contributed by atoms with Gasteiger partial charge in [0.25, 0.3) is 0 Å². The Morgan fingerprint density at radius 2 is 2.00 bits per heavy atom. The number of rotatable bonds is 3. The summed E-state index contributed by atoms with van der Waals surface area (Å²) >= 11 is 0. The van der Waals surface area contributed by atoms with Crippen molar-refractivity contribution in [2.45, 2.75) is 6.54 Å². The number of carbonyl (C=O) groups is 1. The number of aliphatic hydroxyl groups is 1. The van der Waals surface area contributed by atoms with E-state index >= 15 is 0 Å². The van der Waals surface area contributed by atoms with Crippen molar-refractivity contribution in [3.05, 3.63) is 35.3 Å². The highest BCUT2D eigenvalue weighted by molar-refractivity contribution is 5.96. The molecule has 1 aromatic carbocycles. The van der Waals surface area contributed by atoms with Crippen LogP contribution >= 0.6 is 0 Å². The molecule has 0 aliphatic heterocycles. The van der Waals surface area contributed by atoms with Gasteiger partial charge in [-0.3, -0.25) is 0 Å². The van der Waals surface area contributed by atoms with Gasteiger partial charge in [0.1, 0.15) is 11.5 Å². The molecule has 102 valence electrons. The number of carbonyl (C=O) groups excluding carboxylic acids is 1. The number of benzene rings is 1. The minimum Gasteiger partial charge on any atom is -0.464 e. The van der Waals surface area contributed by atoms with Gasteiger partial charge >= 0.3 is 5.97 Å². The second kappa shape index (κ2) is 4.93. The summed E-state index contributed by atoms with van der Waals surface area (Å²) in [6, 6.07) is 1.47. The van der Waals surface area contributed by atoms with E-state index in [-0.39, 0.29) is 17.6 Å². The number of methoxy groups -OCH3 is 1. The first kappa shape index (κ1) is 13.4. The molecule has 0 amide bonds. The van der Waals surface area contributed by atoms with E-state index in [1.54, 1.807) is 0 Å². The van der Waals surface area contributed by atoms with E-state index in [1.165, 1.54) is 0 Å². The smallest absolute Gasteiger partial charge is 0.354 e. The lowest BCUT2D eigenvalue weighted by atomic mass is 10.2. The molecule has 19 heavy (non-hydrogen) atoms. The largest absolute Gasteiger partial charge is 0.464 e. The molecule has 0 saturated heterocycles. The molecule has 0 aliphatic rings. The number of aliphatic hydroxyl groups excluding tert-OH is 1. The van der Waals surface area contributed by atoms with Gasteiger partial charge in [0.2, 0.25) is 0 Å². The Morgan fingerprint density at radius 1 is 1.32 bits per heavy atom.